The van der Waals surface area contributed by atoms with E-state index >= 15 is 0 Å². The molecule has 0 saturated heterocycles. The Morgan fingerprint density at radius 1 is 1.31 bits per heavy atom. The van der Waals surface area contributed by atoms with E-state index in [0.29, 0.717) is 15.6 Å². The maximum atomic E-state index is 8.38. The topological polar surface area (TPSA) is 58.6 Å². The molecule has 1 aromatic rings. The van der Waals surface area contributed by atoms with Gasteiger partial charge in [0.2, 0.25) is 0 Å². The Hall–Kier alpha value is -0.640. The molecule has 0 atom stereocenters. The summed E-state index contributed by atoms with van der Waals surface area (Å²) in [4.78, 5) is 0. The Morgan fingerprint density at radius 2 is 1.77 bits per heavy atom. The summed E-state index contributed by atoms with van der Waals surface area (Å²) in [5, 5.41) is 11.9. The Morgan fingerprint density at radius 3 is 2.15 bits per heavy atom. The lowest BCUT2D eigenvalue weighted by Gasteiger charge is -2.03. The molecule has 0 radical (unpaired) electrons. The summed E-state index contributed by atoms with van der Waals surface area (Å²) in [6.45, 7) is 0. The maximum absolute atomic E-state index is 8.38. The first-order valence-corrected chi connectivity index (χ1v) is 3.84. The second-order valence-corrected chi connectivity index (χ2v) is 2.90. The zero-order valence-electron chi connectivity index (χ0n) is 6.37. The smallest absolute Gasteiger partial charge is 0.173 e. The molecular weight excluding hydrogens is 234 g/mol. The van der Waals surface area contributed by atoms with E-state index in [9.17, 15) is 0 Å². The average molecular weight is 242 g/mol. The number of amidine groups is 1. The largest absolute Gasteiger partial charge is 0.409 e. The average Bonchev–Trinajstić information content (AvgIpc) is 2.03. The Balaban J connectivity index is 0.00000144. The van der Waals surface area contributed by atoms with Gasteiger partial charge in [-0.3, -0.25) is 0 Å². The quantitative estimate of drug-likeness (QED) is 0.343. The predicted molar refractivity (Wildman–Crippen MR) is 56.2 cm³/mol. The molecule has 0 heterocycles. The fourth-order valence-electron chi connectivity index (χ4n) is 0.793. The van der Waals surface area contributed by atoms with Crippen LogP contribution in [0.5, 0.6) is 0 Å². The highest BCUT2D eigenvalue weighted by molar-refractivity contribution is 6.39. The molecule has 0 unspecified atom stereocenters. The van der Waals surface area contributed by atoms with Crippen LogP contribution in [0.15, 0.2) is 23.4 Å². The molecule has 0 fully saturated rings. The molecule has 0 amide bonds. The van der Waals surface area contributed by atoms with Gasteiger partial charge in [-0.05, 0) is 12.1 Å². The van der Waals surface area contributed by atoms with Crippen LogP contribution in [0, 0.1) is 0 Å². The molecule has 0 aliphatic rings. The monoisotopic (exact) mass is 240 g/mol. The lowest BCUT2D eigenvalue weighted by atomic mass is 10.2. The van der Waals surface area contributed by atoms with Crippen molar-refractivity contribution in [1.29, 1.82) is 0 Å². The van der Waals surface area contributed by atoms with Crippen LogP contribution >= 0.6 is 35.6 Å². The fraction of sp³-hybridized carbons (Fsp3) is 0. The van der Waals surface area contributed by atoms with E-state index < -0.39 is 0 Å². The van der Waals surface area contributed by atoms with E-state index in [2.05, 4.69) is 5.16 Å². The van der Waals surface area contributed by atoms with Crippen molar-refractivity contribution in [1.82, 2.24) is 0 Å². The minimum Gasteiger partial charge on any atom is -0.409 e. The van der Waals surface area contributed by atoms with Crippen LogP contribution < -0.4 is 5.73 Å². The number of rotatable bonds is 1. The van der Waals surface area contributed by atoms with Gasteiger partial charge in [-0.2, -0.15) is 0 Å². The van der Waals surface area contributed by atoms with Gasteiger partial charge >= 0.3 is 0 Å². The van der Waals surface area contributed by atoms with Gasteiger partial charge < -0.3 is 10.9 Å². The van der Waals surface area contributed by atoms with Crippen molar-refractivity contribution in [3.63, 3.8) is 0 Å². The number of hydrogen-bond donors (Lipinski definition) is 2. The van der Waals surface area contributed by atoms with E-state index in [1.807, 2.05) is 0 Å². The van der Waals surface area contributed by atoms with Gasteiger partial charge in [-0.15, -0.1) is 12.4 Å². The van der Waals surface area contributed by atoms with Gasteiger partial charge in [0, 0.05) is 0 Å². The van der Waals surface area contributed by atoms with E-state index in [1.54, 1.807) is 18.2 Å². The molecule has 0 aliphatic carbocycles. The minimum absolute atomic E-state index is 0. The molecular formula is C7H7Cl3N2O. The van der Waals surface area contributed by atoms with Gasteiger partial charge in [-0.1, -0.05) is 34.4 Å². The molecule has 72 valence electrons. The molecule has 3 nitrogen and oxygen atoms in total. The molecule has 0 aromatic heterocycles. The third kappa shape index (κ3) is 2.66. The summed E-state index contributed by atoms with van der Waals surface area (Å²) in [7, 11) is 0. The number of oxime groups is 1. The first-order valence-electron chi connectivity index (χ1n) is 3.08. The predicted octanol–water partition coefficient (Wildman–Crippen LogP) is 2.51. The number of hydrogen-bond acceptors (Lipinski definition) is 2. The second kappa shape index (κ2) is 5.17. The summed E-state index contributed by atoms with van der Waals surface area (Å²) in [5.41, 5.74) is 5.68. The van der Waals surface area contributed by atoms with Crippen molar-refractivity contribution >= 4 is 41.4 Å². The van der Waals surface area contributed by atoms with Gasteiger partial charge in [-0.25, -0.2) is 0 Å². The lowest BCUT2D eigenvalue weighted by Crippen LogP contribution is -2.14. The van der Waals surface area contributed by atoms with Crippen LogP contribution in [-0.4, -0.2) is 11.0 Å². The zero-order chi connectivity index (χ0) is 9.14. The molecule has 0 spiro atoms. The van der Waals surface area contributed by atoms with Crippen molar-refractivity contribution in [2.75, 3.05) is 0 Å². The van der Waals surface area contributed by atoms with Crippen LogP contribution in [0.1, 0.15) is 5.56 Å². The number of halogens is 3. The Bertz CT molecular complexity index is 307. The first-order chi connectivity index (χ1) is 5.66. The number of nitrogens with two attached hydrogens (primary N) is 1. The van der Waals surface area contributed by atoms with Crippen LogP contribution in [0.4, 0.5) is 0 Å². The maximum Gasteiger partial charge on any atom is 0.173 e. The fourth-order valence-corrected chi connectivity index (χ4v) is 1.38. The normalized spacial score (nSPS) is 10.8. The van der Waals surface area contributed by atoms with Gasteiger partial charge in [0.25, 0.3) is 0 Å². The summed E-state index contributed by atoms with van der Waals surface area (Å²) in [6.07, 6.45) is 0. The molecule has 3 N–H and O–H groups in total. The van der Waals surface area contributed by atoms with Gasteiger partial charge in [0.15, 0.2) is 5.84 Å². The summed E-state index contributed by atoms with van der Waals surface area (Å²) in [5.74, 6) is -0.0920. The van der Waals surface area contributed by atoms with Gasteiger partial charge in [0.05, 0.1) is 15.6 Å². The molecule has 6 heteroatoms. The standard InChI is InChI=1S/C7H6Cl2N2O.ClH/c8-4-2-1-3-5(9)6(4)7(10)11-12;/h1-3,12H,(H2,10,11);1H. The second-order valence-electron chi connectivity index (χ2n) is 2.08. The van der Waals surface area contributed by atoms with Crippen LogP contribution in [-0.2, 0) is 0 Å². The molecule has 0 aliphatic heterocycles. The zero-order valence-corrected chi connectivity index (χ0v) is 8.70. The van der Waals surface area contributed by atoms with Crippen molar-refractivity contribution in [3.8, 4) is 0 Å². The van der Waals surface area contributed by atoms with Crippen LogP contribution in [0.25, 0.3) is 0 Å². The summed E-state index contributed by atoms with van der Waals surface area (Å²) >= 11 is 11.5. The van der Waals surface area contributed by atoms with Gasteiger partial charge in [0.1, 0.15) is 0 Å². The summed E-state index contributed by atoms with van der Waals surface area (Å²) in [6, 6.07) is 4.90. The van der Waals surface area contributed by atoms with E-state index in [1.165, 1.54) is 0 Å². The SMILES string of the molecule is Cl.N/C(=N\O)c1c(Cl)cccc1Cl. The minimum atomic E-state index is -0.0920. The third-order valence-corrected chi connectivity index (χ3v) is 1.96. The highest BCUT2D eigenvalue weighted by Gasteiger charge is 2.08. The number of benzene rings is 1. The molecule has 0 bridgehead atoms. The highest BCUT2D eigenvalue weighted by atomic mass is 35.5. The first kappa shape index (κ1) is 12.4. The molecule has 1 aromatic carbocycles. The lowest BCUT2D eigenvalue weighted by molar-refractivity contribution is 0.318. The van der Waals surface area contributed by atoms with E-state index in [4.69, 9.17) is 34.1 Å². The van der Waals surface area contributed by atoms with Crippen LogP contribution in [0.2, 0.25) is 10.0 Å². The summed E-state index contributed by atoms with van der Waals surface area (Å²) < 4.78 is 0. The van der Waals surface area contributed by atoms with E-state index in [-0.39, 0.29) is 18.2 Å². The van der Waals surface area contributed by atoms with Crippen molar-refractivity contribution in [2.24, 2.45) is 10.9 Å². The Labute approximate surface area is 91.5 Å². The van der Waals surface area contributed by atoms with Crippen molar-refractivity contribution < 1.29 is 5.21 Å². The number of nitrogens with zero attached hydrogens (tertiary/aromatic N) is 1. The molecule has 13 heavy (non-hydrogen) atoms. The van der Waals surface area contributed by atoms with Crippen molar-refractivity contribution in [2.45, 2.75) is 0 Å². The third-order valence-electron chi connectivity index (χ3n) is 1.33. The Kier molecular flexibility index (Phi) is 4.91. The molecule has 1 rings (SSSR count). The molecule has 0 saturated carbocycles. The van der Waals surface area contributed by atoms with Crippen LogP contribution in [0.3, 0.4) is 0 Å². The van der Waals surface area contributed by atoms with E-state index in [0.717, 1.165) is 0 Å². The highest BCUT2D eigenvalue weighted by Crippen LogP contribution is 2.23. The van der Waals surface area contributed by atoms with Crippen molar-refractivity contribution in [3.05, 3.63) is 33.8 Å².